The molecule has 4 aromatic rings. The summed E-state index contributed by atoms with van der Waals surface area (Å²) in [6.07, 6.45) is 1.75. The van der Waals surface area contributed by atoms with E-state index in [1.165, 1.54) is 11.3 Å². The van der Waals surface area contributed by atoms with Crippen molar-refractivity contribution in [2.75, 3.05) is 13.2 Å². The molecule has 0 spiro atoms. The second-order valence-electron chi connectivity index (χ2n) is 10.0. The molecule has 0 saturated carbocycles. The molecule has 1 N–H and O–H groups in total. The normalized spacial score (nSPS) is 14.9. The van der Waals surface area contributed by atoms with Gasteiger partial charge < -0.3 is 14.6 Å². The number of aromatic nitrogens is 1. The molecule has 0 saturated heterocycles. The second-order valence-corrected chi connectivity index (χ2v) is 11.0. The number of rotatable bonds is 9. The van der Waals surface area contributed by atoms with Crippen LogP contribution >= 0.6 is 11.3 Å². The molecular weight excluding hydrogens is 552 g/mol. The van der Waals surface area contributed by atoms with Crippen LogP contribution in [0, 0.1) is 0 Å². The number of nitrogens with zero attached hydrogens (tertiary/aromatic N) is 2. The molecule has 1 aromatic heterocycles. The van der Waals surface area contributed by atoms with E-state index in [4.69, 9.17) is 19.6 Å². The molecule has 0 aliphatic carbocycles. The van der Waals surface area contributed by atoms with Gasteiger partial charge in [-0.2, -0.15) is 0 Å². The first-order valence-electron chi connectivity index (χ1n) is 13.6. The molecule has 1 aliphatic rings. The number of fused-ring (bicyclic) bond motifs is 1. The number of ether oxygens (including phenoxy) is 2. The average Bonchev–Trinajstić information content (AvgIpc) is 3.30. The van der Waals surface area contributed by atoms with Crippen LogP contribution in [-0.2, 0) is 14.3 Å². The van der Waals surface area contributed by atoms with Crippen LogP contribution < -0.4 is 19.6 Å². The minimum absolute atomic E-state index is 0.181. The Balaban J connectivity index is 1.70. The minimum atomic E-state index is -1.06. The van der Waals surface area contributed by atoms with Crippen molar-refractivity contribution in [3.63, 3.8) is 0 Å². The van der Waals surface area contributed by atoms with Gasteiger partial charge in [-0.05, 0) is 47.7 Å². The van der Waals surface area contributed by atoms with Crippen LogP contribution in [0.2, 0.25) is 0 Å². The number of carboxylic acid groups (broad SMARTS) is 1. The molecule has 0 unspecified atom stereocenters. The Hall–Kier alpha value is -4.76. The lowest BCUT2D eigenvalue weighted by atomic mass is 9.91. The van der Waals surface area contributed by atoms with Crippen molar-refractivity contribution in [1.29, 1.82) is 0 Å². The highest BCUT2D eigenvalue weighted by Gasteiger charge is 2.35. The minimum Gasteiger partial charge on any atom is -0.482 e. The smallest absolute Gasteiger partial charge is 0.341 e. The summed E-state index contributed by atoms with van der Waals surface area (Å²) < 4.78 is 12.8. The van der Waals surface area contributed by atoms with Crippen LogP contribution in [0.15, 0.2) is 94.2 Å². The summed E-state index contributed by atoms with van der Waals surface area (Å²) in [6, 6.07) is 23.4. The molecule has 214 valence electrons. The fraction of sp³-hybridized carbons (Fsp3) is 0.212. The van der Waals surface area contributed by atoms with Crippen LogP contribution in [0.3, 0.4) is 0 Å². The number of carboxylic acids is 1. The Bertz CT molecular complexity index is 1820. The molecule has 9 heteroatoms. The first-order valence-corrected chi connectivity index (χ1v) is 14.4. The van der Waals surface area contributed by atoms with E-state index >= 15 is 0 Å². The lowest BCUT2D eigenvalue weighted by Gasteiger charge is -2.26. The molecule has 3 aromatic carbocycles. The van der Waals surface area contributed by atoms with Crippen molar-refractivity contribution >= 4 is 35.0 Å². The maximum Gasteiger partial charge on any atom is 0.341 e. The summed E-state index contributed by atoms with van der Waals surface area (Å²) in [7, 11) is 0. The van der Waals surface area contributed by atoms with Crippen molar-refractivity contribution in [2.45, 2.75) is 32.7 Å². The SMILES string of the molecule is CCOC(=O)C1=C(c2ccccc2)N=c2s/c(=C\c3ccc(OCC(=O)O)cc3)c(=O)n2[C@H]1c1ccc(C(C)C)cc1. The van der Waals surface area contributed by atoms with Crippen molar-refractivity contribution in [1.82, 2.24) is 4.57 Å². The molecule has 8 nitrogen and oxygen atoms in total. The summed E-state index contributed by atoms with van der Waals surface area (Å²) in [5.74, 6) is -0.857. The van der Waals surface area contributed by atoms with Crippen LogP contribution in [0.25, 0.3) is 11.8 Å². The third-order valence-electron chi connectivity index (χ3n) is 6.83. The maximum absolute atomic E-state index is 14.0. The van der Waals surface area contributed by atoms with E-state index in [0.717, 1.165) is 22.3 Å². The van der Waals surface area contributed by atoms with Gasteiger partial charge in [-0.15, -0.1) is 0 Å². The molecule has 2 heterocycles. The van der Waals surface area contributed by atoms with Gasteiger partial charge in [-0.25, -0.2) is 14.6 Å². The monoisotopic (exact) mass is 582 g/mol. The largest absolute Gasteiger partial charge is 0.482 e. The molecule has 5 rings (SSSR count). The van der Waals surface area contributed by atoms with Crippen molar-refractivity contribution in [3.05, 3.63) is 126 Å². The second kappa shape index (κ2) is 12.4. The van der Waals surface area contributed by atoms with Gasteiger partial charge in [0.05, 0.1) is 28.5 Å². The summed E-state index contributed by atoms with van der Waals surface area (Å²) in [6.45, 7) is 5.71. The lowest BCUT2D eigenvalue weighted by molar-refractivity contribution is -0.140. The predicted octanol–water partition coefficient (Wildman–Crippen LogP) is 4.52. The van der Waals surface area contributed by atoms with E-state index < -0.39 is 24.6 Å². The van der Waals surface area contributed by atoms with Gasteiger partial charge in [0.25, 0.3) is 5.56 Å². The molecule has 42 heavy (non-hydrogen) atoms. The lowest BCUT2D eigenvalue weighted by Crippen LogP contribution is -2.40. The standard InChI is InChI=1S/C33H30N2O6S/c1-4-40-32(39)28-29(23-8-6-5-7-9-23)34-33-35(30(28)24-14-12-22(13-15-24)20(2)3)31(38)26(42-33)18-21-10-16-25(17-11-21)41-19-27(36)37/h5-18,20,30H,4,19H2,1-3H3,(H,36,37)/b26-18-/t30-/m0/s1. The molecule has 1 atom stereocenters. The number of carbonyl (C=O) groups excluding carboxylic acids is 1. The maximum atomic E-state index is 14.0. The number of esters is 1. The van der Waals surface area contributed by atoms with Crippen LogP contribution in [-0.4, -0.2) is 34.8 Å². The number of hydrogen-bond acceptors (Lipinski definition) is 7. The summed E-state index contributed by atoms with van der Waals surface area (Å²) >= 11 is 1.24. The van der Waals surface area contributed by atoms with Gasteiger partial charge >= 0.3 is 11.9 Å². The molecule has 0 bridgehead atoms. The zero-order chi connectivity index (χ0) is 29.8. The zero-order valence-electron chi connectivity index (χ0n) is 23.4. The Morgan fingerprint density at radius 3 is 2.33 bits per heavy atom. The van der Waals surface area contributed by atoms with Crippen molar-refractivity contribution < 1.29 is 24.2 Å². The first kappa shape index (κ1) is 28.8. The highest BCUT2D eigenvalue weighted by Crippen LogP contribution is 2.35. The molecule has 1 aliphatic heterocycles. The Kier molecular flexibility index (Phi) is 8.49. The topological polar surface area (TPSA) is 107 Å². The van der Waals surface area contributed by atoms with Crippen LogP contribution in [0.5, 0.6) is 5.75 Å². The zero-order valence-corrected chi connectivity index (χ0v) is 24.3. The Labute approximate surface area is 246 Å². The fourth-order valence-corrected chi connectivity index (χ4v) is 5.78. The average molecular weight is 583 g/mol. The first-order chi connectivity index (χ1) is 20.3. The number of thiazole rings is 1. The van der Waals surface area contributed by atoms with E-state index in [2.05, 4.69) is 13.8 Å². The van der Waals surface area contributed by atoms with Crippen LogP contribution in [0.1, 0.15) is 55.0 Å². The van der Waals surface area contributed by atoms with Crippen LogP contribution in [0.4, 0.5) is 0 Å². The van der Waals surface area contributed by atoms with Gasteiger partial charge in [-0.3, -0.25) is 9.36 Å². The third-order valence-corrected chi connectivity index (χ3v) is 7.82. The van der Waals surface area contributed by atoms with E-state index in [1.54, 1.807) is 41.8 Å². The summed E-state index contributed by atoms with van der Waals surface area (Å²) in [5, 5.41) is 8.84. The van der Waals surface area contributed by atoms with E-state index in [1.807, 2.05) is 54.6 Å². The number of carbonyl (C=O) groups is 2. The number of hydrogen-bond donors (Lipinski definition) is 1. The van der Waals surface area contributed by atoms with Gasteiger partial charge in [0.1, 0.15) is 5.75 Å². The molecule has 0 fully saturated rings. The van der Waals surface area contributed by atoms with Gasteiger partial charge in [0.2, 0.25) is 0 Å². The van der Waals surface area contributed by atoms with Gasteiger partial charge in [-0.1, -0.05) is 91.9 Å². The molecule has 0 amide bonds. The third kappa shape index (κ3) is 5.96. The van der Waals surface area contributed by atoms with E-state index in [0.29, 0.717) is 32.3 Å². The quantitative estimate of drug-likeness (QED) is 0.291. The van der Waals surface area contributed by atoms with Gasteiger partial charge in [0, 0.05) is 5.56 Å². The Morgan fingerprint density at radius 1 is 1.02 bits per heavy atom. The summed E-state index contributed by atoms with van der Waals surface area (Å²) in [5.41, 5.74) is 3.90. The highest BCUT2D eigenvalue weighted by molar-refractivity contribution is 7.07. The fourth-order valence-electron chi connectivity index (χ4n) is 4.78. The van der Waals surface area contributed by atoms with Crippen molar-refractivity contribution in [2.24, 2.45) is 4.99 Å². The van der Waals surface area contributed by atoms with E-state index in [-0.39, 0.29) is 12.2 Å². The Morgan fingerprint density at radius 2 is 1.71 bits per heavy atom. The van der Waals surface area contributed by atoms with Crippen molar-refractivity contribution in [3.8, 4) is 5.75 Å². The summed E-state index contributed by atoms with van der Waals surface area (Å²) in [4.78, 5) is 43.7. The van der Waals surface area contributed by atoms with Gasteiger partial charge in [0.15, 0.2) is 11.4 Å². The predicted molar refractivity (Wildman–Crippen MR) is 161 cm³/mol. The molecule has 0 radical (unpaired) electrons. The molecular formula is C33H30N2O6S. The number of benzene rings is 3. The highest BCUT2D eigenvalue weighted by atomic mass is 32.1. The number of aliphatic carboxylic acids is 1. The van der Waals surface area contributed by atoms with E-state index in [9.17, 15) is 14.4 Å².